The SMILES string of the molecule is CC(C)c1nc(N2CCN(C)CC2CN)cc(=O)[nH]1. The molecule has 1 saturated heterocycles. The highest BCUT2D eigenvalue weighted by atomic mass is 16.1. The number of nitrogens with zero attached hydrogens (tertiary/aromatic N) is 3. The van der Waals surface area contributed by atoms with Gasteiger partial charge in [0.2, 0.25) is 0 Å². The van der Waals surface area contributed by atoms with Gasteiger partial charge < -0.3 is 20.5 Å². The Morgan fingerprint density at radius 2 is 2.26 bits per heavy atom. The molecule has 6 nitrogen and oxygen atoms in total. The van der Waals surface area contributed by atoms with Crippen LogP contribution in [0.4, 0.5) is 5.82 Å². The fraction of sp³-hybridized carbons (Fsp3) is 0.692. The molecule has 0 saturated carbocycles. The van der Waals surface area contributed by atoms with E-state index in [1.807, 2.05) is 13.8 Å². The number of rotatable bonds is 3. The van der Waals surface area contributed by atoms with Gasteiger partial charge in [0.25, 0.3) is 5.56 Å². The summed E-state index contributed by atoms with van der Waals surface area (Å²) in [6.45, 7) is 7.32. The highest BCUT2D eigenvalue weighted by Gasteiger charge is 2.25. The lowest BCUT2D eigenvalue weighted by Gasteiger charge is -2.40. The molecular weight excluding hydrogens is 242 g/mol. The minimum Gasteiger partial charge on any atom is -0.350 e. The highest BCUT2D eigenvalue weighted by molar-refractivity contribution is 5.40. The van der Waals surface area contributed by atoms with E-state index in [1.165, 1.54) is 0 Å². The van der Waals surface area contributed by atoms with Crippen molar-refractivity contribution in [3.63, 3.8) is 0 Å². The summed E-state index contributed by atoms with van der Waals surface area (Å²) in [5.41, 5.74) is 5.75. The quantitative estimate of drug-likeness (QED) is 0.802. The van der Waals surface area contributed by atoms with E-state index >= 15 is 0 Å². The Bertz CT molecular complexity index is 484. The Morgan fingerprint density at radius 1 is 1.53 bits per heavy atom. The number of nitrogens with one attached hydrogen (secondary N) is 1. The minimum absolute atomic E-state index is 0.0941. The van der Waals surface area contributed by atoms with Crippen LogP contribution < -0.4 is 16.2 Å². The Balaban J connectivity index is 2.32. The number of nitrogens with two attached hydrogens (primary N) is 1. The molecule has 1 unspecified atom stereocenters. The van der Waals surface area contributed by atoms with Crippen molar-refractivity contribution in [2.24, 2.45) is 5.73 Å². The van der Waals surface area contributed by atoms with Crippen LogP contribution >= 0.6 is 0 Å². The van der Waals surface area contributed by atoms with Gasteiger partial charge in [-0.05, 0) is 7.05 Å². The van der Waals surface area contributed by atoms with Crippen LogP contribution in [0.1, 0.15) is 25.6 Å². The van der Waals surface area contributed by atoms with Crippen LogP contribution in [-0.2, 0) is 0 Å². The van der Waals surface area contributed by atoms with Gasteiger partial charge in [-0.3, -0.25) is 4.79 Å². The van der Waals surface area contributed by atoms with Gasteiger partial charge in [0.15, 0.2) is 0 Å². The molecule has 1 fully saturated rings. The summed E-state index contributed by atoms with van der Waals surface area (Å²) in [6.07, 6.45) is 0. The topological polar surface area (TPSA) is 78.2 Å². The zero-order valence-electron chi connectivity index (χ0n) is 11.9. The first-order chi connectivity index (χ1) is 9.01. The van der Waals surface area contributed by atoms with Gasteiger partial charge in [-0.1, -0.05) is 13.8 Å². The Morgan fingerprint density at radius 3 is 2.89 bits per heavy atom. The molecule has 19 heavy (non-hydrogen) atoms. The summed E-state index contributed by atoms with van der Waals surface area (Å²) in [5.74, 6) is 1.68. The molecule has 1 atom stereocenters. The summed E-state index contributed by atoms with van der Waals surface area (Å²) in [6, 6.07) is 1.79. The first-order valence-electron chi connectivity index (χ1n) is 6.77. The fourth-order valence-electron chi connectivity index (χ4n) is 2.40. The molecule has 0 bridgehead atoms. The average Bonchev–Trinajstić information content (AvgIpc) is 2.37. The number of piperazine rings is 1. The lowest BCUT2D eigenvalue weighted by Crippen LogP contribution is -2.55. The van der Waals surface area contributed by atoms with Crippen LogP contribution in [-0.4, -0.2) is 54.1 Å². The monoisotopic (exact) mass is 265 g/mol. The third-order valence-electron chi connectivity index (χ3n) is 3.55. The number of aromatic nitrogens is 2. The van der Waals surface area contributed by atoms with E-state index in [2.05, 4.69) is 26.8 Å². The van der Waals surface area contributed by atoms with Crippen molar-refractivity contribution in [3.05, 3.63) is 22.2 Å². The van der Waals surface area contributed by atoms with Crippen molar-refractivity contribution < 1.29 is 0 Å². The van der Waals surface area contributed by atoms with E-state index in [9.17, 15) is 4.79 Å². The summed E-state index contributed by atoms with van der Waals surface area (Å²) < 4.78 is 0. The van der Waals surface area contributed by atoms with Crippen molar-refractivity contribution in [1.29, 1.82) is 0 Å². The molecule has 0 amide bonds. The second-order valence-electron chi connectivity index (χ2n) is 5.49. The van der Waals surface area contributed by atoms with E-state index < -0.39 is 0 Å². The lowest BCUT2D eigenvalue weighted by molar-refractivity contribution is 0.268. The van der Waals surface area contributed by atoms with Gasteiger partial charge in [-0.2, -0.15) is 0 Å². The predicted molar refractivity (Wildman–Crippen MR) is 76.6 cm³/mol. The van der Waals surface area contributed by atoms with E-state index in [1.54, 1.807) is 6.07 Å². The highest BCUT2D eigenvalue weighted by Crippen LogP contribution is 2.18. The van der Waals surface area contributed by atoms with E-state index in [-0.39, 0.29) is 17.5 Å². The number of aromatic amines is 1. The van der Waals surface area contributed by atoms with Crippen LogP contribution in [0.15, 0.2) is 10.9 Å². The van der Waals surface area contributed by atoms with Crippen LogP contribution in [0.3, 0.4) is 0 Å². The van der Waals surface area contributed by atoms with Crippen LogP contribution in [0.2, 0.25) is 0 Å². The summed E-state index contributed by atoms with van der Waals surface area (Å²) >= 11 is 0. The lowest BCUT2D eigenvalue weighted by atomic mass is 10.1. The Kier molecular flexibility index (Phi) is 4.21. The van der Waals surface area contributed by atoms with Crippen LogP contribution in [0.25, 0.3) is 0 Å². The van der Waals surface area contributed by atoms with Gasteiger partial charge in [0, 0.05) is 38.2 Å². The van der Waals surface area contributed by atoms with Crippen molar-refractivity contribution in [1.82, 2.24) is 14.9 Å². The van der Waals surface area contributed by atoms with Crippen molar-refractivity contribution in [3.8, 4) is 0 Å². The van der Waals surface area contributed by atoms with Gasteiger partial charge in [-0.15, -0.1) is 0 Å². The maximum atomic E-state index is 11.8. The molecule has 6 heteroatoms. The first kappa shape index (κ1) is 14.0. The molecule has 3 N–H and O–H groups in total. The van der Waals surface area contributed by atoms with Crippen LogP contribution in [0, 0.1) is 0 Å². The van der Waals surface area contributed by atoms with Crippen molar-refractivity contribution >= 4 is 5.82 Å². The predicted octanol–water partition coefficient (Wildman–Crippen LogP) is -0.0276. The van der Waals surface area contributed by atoms with E-state index in [4.69, 9.17) is 5.73 Å². The Labute approximate surface area is 113 Å². The number of hydrogen-bond donors (Lipinski definition) is 2. The first-order valence-corrected chi connectivity index (χ1v) is 6.77. The maximum Gasteiger partial charge on any atom is 0.252 e. The fourth-order valence-corrected chi connectivity index (χ4v) is 2.40. The zero-order valence-corrected chi connectivity index (χ0v) is 11.9. The van der Waals surface area contributed by atoms with Crippen LogP contribution in [0.5, 0.6) is 0 Å². The molecular formula is C13H23N5O. The molecule has 0 aromatic carbocycles. The summed E-state index contributed by atoms with van der Waals surface area (Å²) in [7, 11) is 2.09. The smallest absolute Gasteiger partial charge is 0.252 e. The average molecular weight is 265 g/mol. The molecule has 1 aliphatic rings. The maximum absolute atomic E-state index is 11.8. The molecule has 106 valence electrons. The molecule has 1 aromatic heterocycles. The second kappa shape index (κ2) is 5.71. The van der Waals surface area contributed by atoms with E-state index in [0.717, 1.165) is 31.3 Å². The zero-order chi connectivity index (χ0) is 14.0. The Hall–Kier alpha value is -1.40. The molecule has 1 aliphatic heterocycles. The van der Waals surface area contributed by atoms with Crippen molar-refractivity contribution in [2.45, 2.75) is 25.8 Å². The largest absolute Gasteiger partial charge is 0.350 e. The summed E-state index contributed by atoms with van der Waals surface area (Å²) in [5, 5.41) is 0. The minimum atomic E-state index is -0.0941. The summed E-state index contributed by atoms with van der Waals surface area (Å²) in [4.78, 5) is 23.5. The third kappa shape index (κ3) is 3.13. The number of likely N-dealkylation sites (N-methyl/N-ethyl adjacent to an activating group) is 1. The van der Waals surface area contributed by atoms with Gasteiger partial charge in [0.1, 0.15) is 11.6 Å². The molecule has 2 heterocycles. The number of anilines is 1. The van der Waals surface area contributed by atoms with E-state index in [0.29, 0.717) is 6.54 Å². The molecule has 1 aromatic rings. The van der Waals surface area contributed by atoms with Gasteiger partial charge >= 0.3 is 0 Å². The molecule has 0 radical (unpaired) electrons. The van der Waals surface area contributed by atoms with Gasteiger partial charge in [-0.25, -0.2) is 4.98 Å². The molecule has 2 rings (SSSR count). The molecule has 0 aliphatic carbocycles. The van der Waals surface area contributed by atoms with Gasteiger partial charge in [0.05, 0.1) is 6.04 Å². The third-order valence-corrected chi connectivity index (χ3v) is 3.55. The van der Waals surface area contributed by atoms with Crippen molar-refractivity contribution in [2.75, 3.05) is 38.1 Å². The number of hydrogen-bond acceptors (Lipinski definition) is 5. The second-order valence-corrected chi connectivity index (χ2v) is 5.49. The number of H-pyrrole nitrogens is 1. The molecule has 0 spiro atoms. The standard InChI is InChI=1S/C13H23N5O/c1-9(2)13-15-11(6-12(19)16-13)18-5-4-17(3)8-10(18)7-14/h6,9-10H,4-5,7-8,14H2,1-3H3,(H,15,16,19). The normalized spacial score (nSPS) is 21.1.